The quantitative estimate of drug-likeness (QED) is 0.910. The lowest BCUT2D eigenvalue weighted by atomic mass is 10.0. The van der Waals surface area contributed by atoms with Crippen LogP contribution < -0.4 is 0 Å². The molecule has 6 heteroatoms. The fourth-order valence-corrected chi connectivity index (χ4v) is 2.98. The third kappa shape index (κ3) is 3.15. The van der Waals surface area contributed by atoms with E-state index in [4.69, 9.17) is 0 Å². The molecule has 1 aliphatic rings. The number of aromatic amines is 1. The smallest absolute Gasteiger partial charge is 0.222 e. The van der Waals surface area contributed by atoms with Crippen molar-refractivity contribution in [2.24, 2.45) is 0 Å². The minimum absolute atomic E-state index is 0.259. The number of likely N-dealkylation sites (tertiary alicyclic amines) is 1. The Labute approximate surface area is 124 Å². The van der Waals surface area contributed by atoms with Gasteiger partial charge in [-0.3, -0.25) is 9.89 Å². The number of rotatable bonds is 5. The van der Waals surface area contributed by atoms with E-state index in [9.17, 15) is 4.79 Å². The predicted octanol–water partition coefficient (Wildman–Crippen LogP) is 1.71. The first-order chi connectivity index (χ1) is 10.2. The van der Waals surface area contributed by atoms with Crippen LogP contribution >= 0.6 is 0 Å². The summed E-state index contributed by atoms with van der Waals surface area (Å²) in [6.45, 7) is 4.58. The van der Waals surface area contributed by atoms with Gasteiger partial charge in [0.2, 0.25) is 5.91 Å². The van der Waals surface area contributed by atoms with Crippen LogP contribution in [0.4, 0.5) is 0 Å². The summed E-state index contributed by atoms with van der Waals surface area (Å²) in [5.74, 6) is 0.667. The van der Waals surface area contributed by atoms with Gasteiger partial charge in [0.25, 0.3) is 0 Å². The van der Waals surface area contributed by atoms with Crippen molar-refractivity contribution in [2.45, 2.75) is 38.6 Å². The molecule has 0 aliphatic carbocycles. The summed E-state index contributed by atoms with van der Waals surface area (Å²) in [6, 6.07) is 0. The first-order valence-corrected chi connectivity index (χ1v) is 7.47. The highest BCUT2D eigenvalue weighted by molar-refractivity contribution is 5.76. The van der Waals surface area contributed by atoms with Crippen molar-refractivity contribution in [3.05, 3.63) is 36.2 Å². The summed E-state index contributed by atoms with van der Waals surface area (Å²) < 4.78 is 2.01. The molecule has 1 N–H and O–H groups in total. The molecule has 0 saturated carbocycles. The monoisotopic (exact) mass is 287 g/mol. The number of hydrogen-bond donors (Lipinski definition) is 1. The van der Waals surface area contributed by atoms with E-state index in [2.05, 4.69) is 22.1 Å². The van der Waals surface area contributed by atoms with E-state index in [0.717, 1.165) is 32.5 Å². The second-order valence-corrected chi connectivity index (χ2v) is 5.70. The van der Waals surface area contributed by atoms with E-state index in [1.165, 1.54) is 11.3 Å². The molecule has 1 unspecified atom stereocenters. The Morgan fingerprint density at radius 2 is 2.43 bits per heavy atom. The lowest BCUT2D eigenvalue weighted by Crippen LogP contribution is -2.28. The van der Waals surface area contributed by atoms with Crippen LogP contribution in [0.2, 0.25) is 0 Å². The summed E-state index contributed by atoms with van der Waals surface area (Å²) in [5, 5.41) is 7.15. The normalized spacial score (nSPS) is 18.3. The Morgan fingerprint density at radius 3 is 3.14 bits per heavy atom. The van der Waals surface area contributed by atoms with Gasteiger partial charge in [0.15, 0.2) is 0 Å². The van der Waals surface area contributed by atoms with E-state index >= 15 is 0 Å². The SMILES string of the molecule is Cc1cn[nH]c1C1CCN(C(=O)CCCn2ccnc2)C1. The Kier molecular flexibility index (Phi) is 4.03. The molecule has 1 saturated heterocycles. The maximum atomic E-state index is 12.2. The number of nitrogens with one attached hydrogen (secondary N) is 1. The number of imidazole rings is 1. The molecular weight excluding hydrogens is 266 g/mol. The number of amides is 1. The topological polar surface area (TPSA) is 66.8 Å². The zero-order chi connectivity index (χ0) is 14.7. The minimum atomic E-state index is 0.259. The predicted molar refractivity (Wildman–Crippen MR) is 78.7 cm³/mol. The maximum Gasteiger partial charge on any atom is 0.222 e. The van der Waals surface area contributed by atoms with Crippen molar-refractivity contribution in [1.29, 1.82) is 0 Å². The van der Waals surface area contributed by atoms with Gasteiger partial charge >= 0.3 is 0 Å². The lowest BCUT2D eigenvalue weighted by molar-refractivity contribution is -0.130. The molecule has 6 nitrogen and oxygen atoms in total. The molecule has 2 aromatic heterocycles. The summed E-state index contributed by atoms with van der Waals surface area (Å²) in [6.07, 6.45) is 9.82. The van der Waals surface area contributed by atoms with Crippen molar-refractivity contribution in [3.8, 4) is 0 Å². The second-order valence-electron chi connectivity index (χ2n) is 5.70. The van der Waals surface area contributed by atoms with Crippen LogP contribution in [-0.4, -0.2) is 43.6 Å². The molecular formula is C15H21N5O. The molecule has 0 radical (unpaired) electrons. The summed E-state index contributed by atoms with van der Waals surface area (Å²) in [7, 11) is 0. The van der Waals surface area contributed by atoms with E-state index in [1.54, 1.807) is 12.5 Å². The van der Waals surface area contributed by atoms with Gasteiger partial charge in [-0.25, -0.2) is 4.98 Å². The molecule has 1 aliphatic heterocycles. The number of hydrogen-bond acceptors (Lipinski definition) is 3. The highest BCUT2D eigenvalue weighted by Gasteiger charge is 2.28. The minimum Gasteiger partial charge on any atom is -0.342 e. The van der Waals surface area contributed by atoms with Gasteiger partial charge in [0.05, 0.1) is 12.5 Å². The molecule has 0 spiro atoms. The summed E-state index contributed by atoms with van der Waals surface area (Å²) in [5.41, 5.74) is 2.37. The Balaban J connectivity index is 1.47. The molecule has 1 amide bonds. The van der Waals surface area contributed by atoms with Crippen molar-refractivity contribution in [1.82, 2.24) is 24.6 Å². The first kappa shape index (κ1) is 13.9. The van der Waals surface area contributed by atoms with Crippen molar-refractivity contribution in [3.63, 3.8) is 0 Å². The fraction of sp³-hybridized carbons (Fsp3) is 0.533. The second kappa shape index (κ2) is 6.11. The molecule has 1 atom stereocenters. The van der Waals surface area contributed by atoms with Crippen molar-refractivity contribution < 1.29 is 4.79 Å². The van der Waals surface area contributed by atoms with Crippen LogP contribution in [0.15, 0.2) is 24.9 Å². The number of aryl methyl sites for hydroxylation is 2. The lowest BCUT2D eigenvalue weighted by Gasteiger charge is -2.16. The van der Waals surface area contributed by atoms with Gasteiger partial charge in [0, 0.05) is 50.1 Å². The van der Waals surface area contributed by atoms with E-state index < -0.39 is 0 Å². The van der Waals surface area contributed by atoms with Crippen LogP contribution in [0.1, 0.15) is 36.4 Å². The zero-order valence-corrected chi connectivity index (χ0v) is 12.3. The van der Waals surface area contributed by atoms with Crippen LogP contribution in [0.25, 0.3) is 0 Å². The van der Waals surface area contributed by atoms with Gasteiger partial charge in [-0.05, 0) is 25.3 Å². The Hall–Kier alpha value is -2.11. The molecule has 21 heavy (non-hydrogen) atoms. The number of H-pyrrole nitrogens is 1. The standard InChI is InChI=1S/C15H21N5O/c1-12-9-17-18-15(12)13-4-7-20(10-13)14(21)3-2-6-19-8-5-16-11-19/h5,8-9,11,13H,2-4,6-7,10H2,1H3,(H,17,18). The molecule has 3 heterocycles. The van der Waals surface area contributed by atoms with Crippen molar-refractivity contribution in [2.75, 3.05) is 13.1 Å². The maximum absolute atomic E-state index is 12.2. The molecule has 2 aromatic rings. The van der Waals surface area contributed by atoms with E-state index in [0.29, 0.717) is 12.3 Å². The third-order valence-electron chi connectivity index (χ3n) is 4.18. The van der Waals surface area contributed by atoms with Crippen LogP contribution in [-0.2, 0) is 11.3 Å². The molecule has 112 valence electrons. The van der Waals surface area contributed by atoms with Crippen molar-refractivity contribution >= 4 is 5.91 Å². The summed E-state index contributed by atoms with van der Waals surface area (Å²) >= 11 is 0. The largest absolute Gasteiger partial charge is 0.342 e. The van der Waals surface area contributed by atoms with Gasteiger partial charge in [-0.2, -0.15) is 5.10 Å². The highest BCUT2D eigenvalue weighted by atomic mass is 16.2. The van der Waals surface area contributed by atoms with E-state index in [-0.39, 0.29) is 5.91 Å². The van der Waals surface area contributed by atoms with E-state index in [1.807, 2.05) is 21.9 Å². The van der Waals surface area contributed by atoms with Crippen LogP contribution in [0, 0.1) is 6.92 Å². The third-order valence-corrected chi connectivity index (χ3v) is 4.18. The van der Waals surface area contributed by atoms with Gasteiger partial charge < -0.3 is 9.47 Å². The zero-order valence-electron chi connectivity index (χ0n) is 12.3. The fourth-order valence-electron chi connectivity index (χ4n) is 2.98. The highest BCUT2D eigenvalue weighted by Crippen LogP contribution is 2.28. The first-order valence-electron chi connectivity index (χ1n) is 7.47. The molecule has 1 fully saturated rings. The number of nitrogens with zero attached hydrogens (tertiary/aromatic N) is 4. The Bertz CT molecular complexity index is 589. The van der Waals surface area contributed by atoms with Crippen LogP contribution in [0.5, 0.6) is 0 Å². The molecule has 3 rings (SSSR count). The number of aromatic nitrogens is 4. The number of carbonyl (C=O) groups excluding carboxylic acids is 1. The van der Waals surface area contributed by atoms with Gasteiger partial charge in [-0.1, -0.05) is 0 Å². The Morgan fingerprint density at radius 1 is 1.52 bits per heavy atom. The average Bonchev–Trinajstić information content (AvgIpc) is 3.18. The molecule has 0 bridgehead atoms. The number of carbonyl (C=O) groups is 1. The van der Waals surface area contributed by atoms with Gasteiger partial charge in [0.1, 0.15) is 0 Å². The average molecular weight is 287 g/mol. The van der Waals surface area contributed by atoms with Crippen LogP contribution in [0.3, 0.4) is 0 Å². The summed E-state index contributed by atoms with van der Waals surface area (Å²) in [4.78, 5) is 18.2. The molecule has 0 aromatic carbocycles. The van der Waals surface area contributed by atoms with Gasteiger partial charge in [-0.15, -0.1) is 0 Å².